The van der Waals surface area contributed by atoms with Crippen LogP contribution in [0.1, 0.15) is 49.9 Å². The van der Waals surface area contributed by atoms with Gasteiger partial charge in [0.25, 0.3) is 0 Å². The molecule has 4 nitrogen and oxygen atoms in total. The maximum atomic E-state index is 5.30. The molecular formula is C24H25N3O. The average Bonchev–Trinajstić information content (AvgIpc) is 2.70. The minimum absolute atomic E-state index is 0.198. The summed E-state index contributed by atoms with van der Waals surface area (Å²) in [4.78, 5) is 15.1. The lowest BCUT2D eigenvalue weighted by Gasteiger charge is -2.30. The number of benzene rings is 2. The van der Waals surface area contributed by atoms with E-state index in [1.54, 1.807) is 0 Å². The first kappa shape index (κ1) is 18.4. The van der Waals surface area contributed by atoms with Gasteiger partial charge in [-0.1, -0.05) is 41.6 Å². The Morgan fingerprint density at radius 2 is 1.96 bits per heavy atom. The third-order valence-corrected chi connectivity index (χ3v) is 5.04. The topological polar surface area (TPSA) is 46.8 Å². The Balaban J connectivity index is 1.88. The van der Waals surface area contributed by atoms with Crippen LogP contribution < -0.4 is 0 Å². The van der Waals surface area contributed by atoms with E-state index in [1.165, 1.54) is 5.56 Å². The van der Waals surface area contributed by atoms with Gasteiger partial charge in [0.15, 0.2) is 0 Å². The van der Waals surface area contributed by atoms with Crippen molar-refractivity contribution in [1.29, 1.82) is 0 Å². The van der Waals surface area contributed by atoms with Crippen molar-refractivity contribution < 1.29 is 4.84 Å². The van der Waals surface area contributed by atoms with Crippen LogP contribution in [0.15, 0.2) is 64.9 Å². The van der Waals surface area contributed by atoms with Crippen molar-refractivity contribution in [1.82, 2.24) is 4.98 Å². The molecule has 0 atom stereocenters. The molecule has 0 bridgehead atoms. The van der Waals surface area contributed by atoms with Crippen molar-refractivity contribution in [3.63, 3.8) is 0 Å². The quantitative estimate of drug-likeness (QED) is 0.469. The summed E-state index contributed by atoms with van der Waals surface area (Å²) in [7, 11) is 0. The van der Waals surface area contributed by atoms with Crippen LogP contribution in [0.5, 0.6) is 0 Å². The zero-order valence-electron chi connectivity index (χ0n) is 16.9. The summed E-state index contributed by atoms with van der Waals surface area (Å²) in [6.07, 6.45) is 2.79. The first-order valence-electron chi connectivity index (χ1n) is 9.73. The van der Waals surface area contributed by atoms with Crippen LogP contribution in [0.2, 0.25) is 0 Å². The summed E-state index contributed by atoms with van der Waals surface area (Å²) in [6, 6.07) is 16.7. The monoisotopic (exact) mass is 371 g/mol. The number of hydrogen-bond acceptors (Lipinski definition) is 4. The molecule has 0 radical (unpaired) electrons. The highest BCUT2D eigenvalue weighted by molar-refractivity contribution is 6.17. The Hall–Kier alpha value is -3.01. The SMILES string of the molecule is CCO/N=C(\C)c1cccc2c1CC(C)(C)N=C2c1cnc2ccccc2c1. The predicted octanol–water partition coefficient (Wildman–Crippen LogP) is 5.17. The van der Waals surface area contributed by atoms with Crippen molar-refractivity contribution >= 4 is 22.3 Å². The number of aliphatic imine (C=N–C) groups is 1. The number of rotatable bonds is 4. The van der Waals surface area contributed by atoms with Crippen molar-refractivity contribution in [2.45, 2.75) is 39.7 Å². The van der Waals surface area contributed by atoms with Crippen molar-refractivity contribution in [2.75, 3.05) is 6.61 Å². The fraction of sp³-hybridized carbons (Fsp3) is 0.292. The van der Waals surface area contributed by atoms with Crippen LogP contribution in [0.3, 0.4) is 0 Å². The summed E-state index contributed by atoms with van der Waals surface area (Å²) >= 11 is 0. The van der Waals surface area contributed by atoms with E-state index in [1.807, 2.05) is 38.2 Å². The molecule has 1 aromatic heterocycles. The van der Waals surface area contributed by atoms with E-state index < -0.39 is 0 Å². The Kier molecular flexibility index (Phi) is 4.71. The maximum Gasteiger partial charge on any atom is 0.114 e. The van der Waals surface area contributed by atoms with Gasteiger partial charge >= 0.3 is 0 Å². The summed E-state index contributed by atoms with van der Waals surface area (Å²) in [5.74, 6) is 0. The number of hydrogen-bond donors (Lipinski definition) is 0. The average molecular weight is 371 g/mol. The standard InChI is InChI=1S/C24H25N3O/c1-5-28-27-16(2)19-10-8-11-20-21(19)14-24(3,4)26-23(20)18-13-17-9-6-7-12-22(17)25-15-18/h6-13,15H,5,14H2,1-4H3/b27-16+. The third-order valence-electron chi connectivity index (χ3n) is 5.04. The minimum Gasteiger partial charge on any atom is -0.396 e. The van der Waals surface area contributed by atoms with Gasteiger partial charge in [-0.15, -0.1) is 0 Å². The van der Waals surface area contributed by atoms with Gasteiger partial charge in [-0.25, -0.2) is 0 Å². The van der Waals surface area contributed by atoms with Gasteiger partial charge in [-0.05, 0) is 51.8 Å². The van der Waals surface area contributed by atoms with Crippen LogP contribution >= 0.6 is 0 Å². The molecule has 2 heterocycles. The molecule has 142 valence electrons. The summed E-state index contributed by atoms with van der Waals surface area (Å²) < 4.78 is 0. The predicted molar refractivity (Wildman–Crippen MR) is 115 cm³/mol. The largest absolute Gasteiger partial charge is 0.396 e. The van der Waals surface area contributed by atoms with Gasteiger partial charge in [0.05, 0.1) is 22.5 Å². The molecule has 2 aromatic carbocycles. The molecule has 0 fully saturated rings. The number of nitrogens with zero attached hydrogens (tertiary/aromatic N) is 3. The second-order valence-corrected chi connectivity index (χ2v) is 7.79. The lowest BCUT2D eigenvalue weighted by atomic mass is 9.82. The molecule has 0 unspecified atom stereocenters. The molecule has 28 heavy (non-hydrogen) atoms. The second-order valence-electron chi connectivity index (χ2n) is 7.79. The van der Waals surface area contributed by atoms with Crippen molar-refractivity contribution in [2.24, 2.45) is 10.1 Å². The summed E-state index contributed by atoms with van der Waals surface area (Å²) in [5.41, 5.74) is 7.28. The van der Waals surface area contributed by atoms with E-state index in [2.05, 4.69) is 54.3 Å². The van der Waals surface area contributed by atoms with Crippen LogP contribution in [0.25, 0.3) is 10.9 Å². The first-order chi connectivity index (χ1) is 13.5. The molecular weight excluding hydrogens is 346 g/mol. The molecule has 0 saturated heterocycles. The smallest absolute Gasteiger partial charge is 0.114 e. The van der Waals surface area contributed by atoms with E-state index in [0.717, 1.165) is 45.4 Å². The summed E-state index contributed by atoms with van der Waals surface area (Å²) in [6.45, 7) is 8.86. The molecule has 0 saturated carbocycles. The fourth-order valence-corrected chi connectivity index (χ4v) is 3.80. The highest BCUT2D eigenvalue weighted by Gasteiger charge is 2.29. The third kappa shape index (κ3) is 3.42. The number of fused-ring (bicyclic) bond motifs is 2. The van der Waals surface area contributed by atoms with Gasteiger partial charge in [-0.2, -0.15) is 0 Å². The number of para-hydroxylation sites is 1. The molecule has 1 aliphatic rings. The van der Waals surface area contributed by atoms with E-state index in [0.29, 0.717) is 6.61 Å². The van der Waals surface area contributed by atoms with E-state index in [-0.39, 0.29) is 5.54 Å². The van der Waals surface area contributed by atoms with Crippen LogP contribution in [0, 0.1) is 0 Å². The van der Waals surface area contributed by atoms with E-state index >= 15 is 0 Å². The number of oxime groups is 1. The maximum absolute atomic E-state index is 5.30. The zero-order valence-corrected chi connectivity index (χ0v) is 16.9. The summed E-state index contributed by atoms with van der Waals surface area (Å²) in [5, 5.41) is 5.39. The molecule has 0 spiro atoms. The Morgan fingerprint density at radius 1 is 1.14 bits per heavy atom. The molecule has 4 rings (SSSR count). The lowest BCUT2D eigenvalue weighted by molar-refractivity contribution is 0.159. The van der Waals surface area contributed by atoms with Gasteiger partial charge in [-0.3, -0.25) is 9.98 Å². The van der Waals surface area contributed by atoms with E-state index in [9.17, 15) is 0 Å². The molecule has 3 aromatic rings. The molecule has 0 aliphatic carbocycles. The highest BCUT2D eigenvalue weighted by atomic mass is 16.6. The Morgan fingerprint density at radius 3 is 2.79 bits per heavy atom. The highest BCUT2D eigenvalue weighted by Crippen LogP contribution is 2.32. The van der Waals surface area contributed by atoms with Crippen LogP contribution in [-0.2, 0) is 11.3 Å². The molecule has 1 aliphatic heterocycles. The molecule has 0 amide bonds. The van der Waals surface area contributed by atoms with Crippen molar-refractivity contribution in [3.05, 3.63) is 77.0 Å². The zero-order chi connectivity index (χ0) is 19.7. The Labute approximate surface area is 166 Å². The van der Waals surface area contributed by atoms with Crippen LogP contribution in [-0.4, -0.2) is 28.6 Å². The number of pyridine rings is 1. The second kappa shape index (κ2) is 7.19. The van der Waals surface area contributed by atoms with Gasteiger partial charge in [0.2, 0.25) is 0 Å². The molecule has 4 heteroatoms. The molecule has 0 N–H and O–H groups in total. The van der Waals surface area contributed by atoms with Crippen molar-refractivity contribution in [3.8, 4) is 0 Å². The minimum atomic E-state index is -0.198. The van der Waals surface area contributed by atoms with Crippen LogP contribution in [0.4, 0.5) is 0 Å². The normalized spacial score (nSPS) is 15.9. The number of aromatic nitrogens is 1. The lowest BCUT2D eigenvalue weighted by Crippen LogP contribution is -2.31. The van der Waals surface area contributed by atoms with Gasteiger partial charge in [0.1, 0.15) is 6.61 Å². The first-order valence-corrected chi connectivity index (χ1v) is 9.73. The van der Waals surface area contributed by atoms with E-state index in [4.69, 9.17) is 9.83 Å². The Bertz CT molecular complexity index is 1100. The van der Waals surface area contributed by atoms with Gasteiger partial charge < -0.3 is 4.84 Å². The van der Waals surface area contributed by atoms with Gasteiger partial charge in [0, 0.05) is 28.3 Å². The fourth-order valence-electron chi connectivity index (χ4n) is 3.80.